The van der Waals surface area contributed by atoms with Crippen LogP contribution in [0.15, 0.2) is 36.9 Å². The Morgan fingerprint density at radius 3 is 2.71 bits per heavy atom. The molecule has 0 saturated carbocycles. The van der Waals surface area contributed by atoms with E-state index in [-0.39, 0.29) is 12.0 Å². The summed E-state index contributed by atoms with van der Waals surface area (Å²) in [5.41, 5.74) is 2.92. The van der Waals surface area contributed by atoms with Crippen LogP contribution in [0.4, 0.5) is 0 Å². The highest BCUT2D eigenvalue weighted by atomic mass is 35.5. The maximum absolute atomic E-state index is 6.70. The summed E-state index contributed by atoms with van der Waals surface area (Å²) in [4.78, 5) is 1.56. The molecule has 0 N–H and O–H groups in total. The van der Waals surface area contributed by atoms with Crippen LogP contribution >= 0.6 is 23.2 Å². The first-order valence-corrected chi connectivity index (χ1v) is 16.2. The largest absolute Gasteiger partial charge is 0.358 e. The minimum Gasteiger partial charge on any atom is -0.358 e. The van der Waals surface area contributed by atoms with Crippen molar-refractivity contribution in [1.82, 2.24) is 29.3 Å². The predicted molar refractivity (Wildman–Crippen MR) is 141 cm³/mol. The smallest absolute Gasteiger partial charge is 0.179 e. The molecule has 0 bridgehead atoms. The number of ether oxygens (including phenoxy) is 2. The SMILES string of the molecule is CC(OCn1ncc(-n2cc(-c3cnn(C4CCCCO4)c3)c3ccc(Cl)c(Cl)c32)n1)[Si](C)(C)C. The molecule has 0 radical (unpaired) electrons. The molecule has 3 aromatic heterocycles. The van der Waals surface area contributed by atoms with Gasteiger partial charge in [-0.3, -0.25) is 4.57 Å². The van der Waals surface area contributed by atoms with Crippen molar-refractivity contribution in [3.63, 3.8) is 0 Å². The van der Waals surface area contributed by atoms with Crippen LogP contribution in [-0.2, 0) is 16.2 Å². The normalized spacial score (nSPS) is 17.8. The van der Waals surface area contributed by atoms with Crippen LogP contribution in [0.2, 0.25) is 29.7 Å². The number of rotatable bonds is 7. The van der Waals surface area contributed by atoms with Crippen molar-refractivity contribution < 1.29 is 9.47 Å². The molecular weight excluding hydrogens is 503 g/mol. The summed E-state index contributed by atoms with van der Waals surface area (Å²) in [5.74, 6) is 0.637. The van der Waals surface area contributed by atoms with E-state index in [1.54, 1.807) is 11.0 Å². The molecule has 0 spiro atoms. The number of halogens is 2. The van der Waals surface area contributed by atoms with Gasteiger partial charge in [-0.1, -0.05) is 48.9 Å². The van der Waals surface area contributed by atoms with Crippen molar-refractivity contribution in [3.8, 4) is 16.9 Å². The van der Waals surface area contributed by atoms with Crippen LogP contribution < -0.4 is 0 Å². The highest BCUT2D eigenvalue weighted by molar-refractivity contribution is 6.77. The first-order chi connectivity index (χ1) is 16.7. The fraction of sp³-hybridized carbons (Fsp3) is 0.458. The highest BCUT2D eigenvalue weighted by Crippen LogP contribution is 2.39. The van der Waals surface area contributed by atoms with Gasteiger partial charge >= 0.3 is 0 Å². The van der Waals surface area contributed by atoms with Crippen molar-refractivity contribution in [2.75, 3.05) is 6.61 Å². The molecule has 1 aliphatic heterocycles. The first-order valence-electron chi connectivity index (χ1n) is 11.9. The van der Waals surface area contributed by atoms with Crippen molar-refractivity contribution >= 4 is 42.2 Å². The molecule has 1 aromatic carbocycles. The van der Waals surface area contributed by atoms with Crippen LogP contribution in [-0.4, -0.2) is 49.7 Å². The van der Waals surface area contributed by atoms with E-state index in [9.17, 15) is 0 Å². The van der Waals surface area contributed by atoms with Crippen LogP contribution in [0.25, 0.3) is 27.8 Å². The molecule has 2 unspecified atom stereocenters. The average Bonchev–Trinajstić information content (AvgIpc) is 3.58. The number of hydrogen-bond acceptors (Lipinski definition) is 5. The summed E-state index contributed by atoms with van der Waals surface area (Å²) in [6.07, 6.45) is 10.8. The molecular formula is C24H30Cl2N6O2Si. The summed E-state index contributed by atoms with van der Waals surface area (Å²) in [6.45, 7) is 10.0. The molecule has 1 saturated heterocycles. The zero-order valence-electron chi connectivity index (χ0n) is 20.4. The fourth-order valence-corrected chi connectivity index (χ4v) is 5.11. The number of benzene rings is 1. The lowest BCUT2D eigenvalue weighted by Crippen LogP contribution is -2.38. The monoisotopic (exact) mass is 532 g/mol. The highest BCUT2D eigenvalue weighted by Gasteiger charge is 2.24. The van der Waals surface area contributed by atoms with E-state index in [1.165, 1.54) is 0 Å². The number of aromatic nitrogens is 6. The van der Waals surface area contributed by atoms with Gasteiger partial charge in [-0.05, 0) is 32.3 Å². The topological polar surface area (TPSA) is 71.9 Å². The summed E-state index contributed by atoms with van der Waals surface area (Å²) in [5, 5.41) is 15.6. The maximum atomic E-state index is 6.70. The Morgan fingerprint density at radius 1 is 1.14 bits per heavy atom. The molecule has 35 heavy (non-hydrogen) atoms. The Morgan fingerprint density at radius 2 is 1.97 bits per heavy atom. The van der Waals surface area contributed by atoms with Crippen LogP contribution in [0.5, 0.6) is 0 Å². The van der Waals surface area contributed by atoms with E-state index < -0.39 is 8.07 Å². The average molecular weight is 534 g/mol. The van der Waals surface area contributed by atoms with E-state index in [2.05, 4.69) is 41.9 Å². The zero-order valence-corrected chi connectivity index (χ0v) is 22.9. The van der Waals surface area contributed by atoms with Crippen LogP contribution in [0.1, 0.15) is 32.4 Å². The van der Waals surface area contributed by atoms with Gasteiger partial charge in [-0.2, -0.15) is 15.0 Å². The number of fused-ring (bicyclic) bond motifs is 1. The van der Waals surface area contributed by atoms with Crippen molar-refractivity contribution in [2.24, 2.45) is 0 Å². The number of hydrogen-bond donors (Lipinski definition) is 0. The van der Waals surface area contributed by atoms with E-state index in [4.69, 9.17) is 32.7 Å². The first kappa shape index (κ1) is 24.5. The van der Waals surface area contributed by atoms with Gasteiger partial charge in [0.05, 0.1) is 36.0 Å². The summed E-state index contributed by atoms with van der Waals surface area (Å²) < 4.78 is 15.8. The van der Waals surface area contributed by atoms with E-state index >= 15 is 0 Å². The Bertz CT molecular complexity index is 1340. The van der Waals surface area contributed by atoms with E-state index in [1.807, 2.05) is 40.0 Å². The minimum atomic E-state index is -1.41. The number of nitrogens with zero attached hydrogens (tertiary/aromatic N) is 6. The molecule has 11 heteroatoms. The molecule has 1 fully saturated rings. The van der Waals surface area contributed by atoms with E-state index in [0.717, 1.165) is 47.9 Å². The van der Waals surface area contributed by atoms with Gasteiger partial charge in [0.25, 0.3) is 0 Å². The van der Waals surface area contributed by atoms with Crippen molar-refractivity contribution in [3.05, 3.63) is 47.0 Å². The fourth-order valence-electron chi connectivity index (χ4n) is 4.12. The van der Waals surface area contributed by atoms with Crippen molar-refractivity contribution in [1.29, 1.82) is 0 Å². The standard InChI is InChI=1S/C24H30Cl2N6O2Si/c1-16(35(2,3)4)34-15-32-28-12-21(29-32)30-14-19(18-8-9-20(25)23(26)24(18)30)17-11-27-31(13-17)22-7-5-6-10-33-22/h8-9,11-14,16,22H,5-7,10,15H2,1-4H3. The molecule has 186 valence electrons. The molecule has 4 heterocycles. The molecule has 4 aromatic rings. The lowest BCUT2D eigenvalue weighted by atomic mass is 10.1. The molecule has 0 aliphatic carbocycles. The third-order valence-electron chi connectivity index (χ3n) is 6.65. The van der Waals surface area contributed by atoms with E-state index in [0.29, 0.717) is 22.6 Å². The Labute approximate surface area is 215 Å². The van der Waals surface area contributed by atoms with Crippen molar-refractivity contribution in [2.45, 2.75) is 64.5 Å². The Kier molecular flexibility index (Phi) is 6.80. The molecule has 2 atom stereocenters. The minimum absolute atomic E-state index is 0.0256. The zero-order chi connectivity index (χ0) is 24.7. The Hall–Kier alpha value is -2.17. The maximum Gasteiger partial charge on any atom is 0.179 e. The quantitative estimate of drug-likeness (QED) is 0.260. The molecule has 5 rings (SSSR count). The van der Waals surface area contributed by atoms with Gasteiger partial charge in [0.1, 0.15) is 6.23 Å². The van der Waals surface area contributed by atoms with Gasteiger partial charge in [0, 0.05) is 41.2 Å². The van der Waals surface area contributed by atoms with Gasteiger partial charge < -0.3 is 9.47 Å². The molecule has 0 amide bonds. The second-order valence-corrected chi connectivity index (χ2v) is 16.4. The Balaban J connectivity index is 1.50. The second-order valence-electron chi connectivity index (χ2n) is 10.1. The van der Waals surface area contributed by atoms with Gasteiger partial charge in [-0.15, -0.1) is 5.10 Å². The summed E-state index contributed by atoms with van der Waals surface area (Å²) >= 11 is 13.1. The molecule has 8 nitrogen and oxygen atoms in total. The third kappa shape index (κ3) is 4.92. The lowest BCUT2D eigenvalue weighted by Gasteiger charge is -2.24. The lowest BCUT2D eigenvalue weighted by molar-refractivity contribution is -0.0394. The second kappa shape index (κ2) is 9.70. The van der Waals surface area contributed by atoms with Gasteiger partial charge in [-0.25, -0.2) is 4.68 Å². The van der Waals surface area contributed by atoms with Gasteiger partial charge in [0.2, 0.25) is 0 Å². The van der Waals surface area contributed by atoms with Gasteiger partial charge in [0.15, 0.2) is 12.5 Å². The van der Waals surface area contributed by atoms with Crippen LogP contribution in [0.3, 0.4) is 0 Å². The predicted octanol–water partition coefficient (Wildman–Crippen LogP) is 6.33. The summed E-state index contributed by atoms with van der Waals surface area (Å²) in [7, 11) is -1.41. The summed E-state index contributed by atoms with van der Waals surface area (Å²) in [6, 6.07) is 3.80. The third-order valence-corrected chi connectivity index (χ3v) is 10.1. The molecule has 1 aliphatic rings. The van der Waals surface area contributed by atoms with Crippen LogP contribution in [0, 0.1) is 0 Å².